The van der Waals surface area contributed by atoms with Crippen molar-refractivity contribution in [2.75, 3.05) is 4.90 Å². The molecule has 1 aromatic heterocycles. The topological polar surface area (TPSA) is 70.5 Å². The summed E-state index contributed by atoms with van der Waals surface area (Å²) in [5.41, 5.74) is 1.78. The zero-order valence-electron chi connectivity index (χ0n) is 16.6. The van der Waals surface area contributed by atoms with Crippen LogP contribution in [0.15, 0.2) is 59.9 Å². The van der Waals surface area contributed by atoms with Crippen LogP contribution in [0.3, 0.4) is 0 Å². The number of aliphatic hydroxyl groups excluding tert-OH is 1. The Kier molecular flexibility index (Phi) is 4.99. The summed E-state index contributed by atoms with van der Waals surface area (Å²) in [4.78, 5) is 32.5. The number of Topliss-reactive ketones (excluding diaryl/α,β-unsaturated/α-hetero) is 1. The number of carbonyl (C=O) groups excluding carboxylic acids is 2. The van der Waals surface area contributed by atoms with Crippen molar-refractivity contribution in [1.82, 2.24) is 4.98 Å². The number of amides is 1. The third-order valence-electron chi connectivity index (χ3n) is 5.14. The predicted molar refractivity (Wildman–Crippen MR) is 113 cm³/mol. The minimum absolute atomic E-state index is 0.139. The molecule has 5 nitrogen and oxygen atoms in total. The zero-order valence-corrected chi connectivity index (χ0v) is 17.5. The number of halogens is 1. The van der Waals surface area contributed by atoms with Gasteiger partial charge >= 0.3 is 0 Å². The molecule has 4 rings (SSSR count). The SMILES string of the molecule is Cc1nc(C)c(C(=O)C2=C(O)C(=O)N(c3ccccc3C)C2c2ccccc2F)s1. The van der Waals surface area contributed by atoms with Gasteiger partial charge in [0.2, 0.25) is 5.78 Å². The van der Waals surface area contributed by atoms with E-state index in [1.807, 2.05) is 19.1 Å². The Bertz CT molecular complexity index is 1210. The standard InChI is InChI=1S/C23H19FN2O3S/c1-12-8-4-7-11-17(12)26-19(15-9-5-6-10-16(15)24)18(21(28)23(26)29)20(27)22-13(2)25-14(3)30-22/h4-11,19,28H,1-3H3. The lowest BCUT2D eigenvalue weighted by Gasteiger charge is -2.28. The first kappa shape index (κ1) is 20.0. The summed E-state index contributed by atoms with van der Waals surface area (Å²) < 4.78 is 14.8. The summed E-state index contributed by atoms with van der Waals surface area (Å²) in [5.74, 6) is -2.49. The smallest absolute Gasteiger partial charge is 0.294 e. The number of hydrogen-bond acceptors (Lipinski definition) is 5. The van der Waals surface area contributed by atoms with Crippen LogP contribution in [0, 0.1) is 26.6 Å². The minimum Gasteiger partial charge on any atom is -0.503 e. The highest BCUT2D eigenvalue weighted by atomic mass is 32.1. The van der Waals surface area contributed by atoms with Gasteiger partial charge in [-0.25, -0.2) is 9.37 Å². The van der Waals surface area contributed by atoms with E-state index in [2.05, 4.69) is 4.98 Å². The Balaban J connectivity index is 1.95. The van der Waals surface area contributed by atoms with Gasteiger partial charge in [-0.3, -0.25) is 14.5 Å². The highest BCUT2D eigenvalue weighted by Crippen LogP contribution is 2.44. The maximum absolute atomic E-state index is 14.8. The number of carbonyl (C=O) groups is 2. The summed E-state index contributed by atoms with van der Waals surface area (Å²) in [5, 5.41) is 11.5. The third kappa shape index (κ3) is 3.11. The van der Waals surface area contributed by atoms with Crippen LogP contribution in [0.25, 0.3) is 0 Å². The second kappa shape index (κ2) is 7.50. The molecule has 1 atom stereocenters. The van der Waals surface area contributed by atoms with Gasteiger partial charge in [0.15, 0.2) is 5.76 Å². The van der Waals surface area contributed by atoms with Crippen LogP contribution in [0.2, 0.25) is 0 Å². The zero-order chi connectivity index (χ0) is 21.6. The van der Waals surface area contributed by atoms with Crippen molar-refractivity contribution in [1.29, 1.82) is 0 Å². The van der Waals surface area contributed by atoms with E-state index in [9.17, 15) is 19.1 Å². The molecule has 0 fully saturated rings. The van der Waals surface area contributed by atoms with Crippen LogP contribution in [0.5, 0.6) is 0 Å². The molecule has 152 valence electrons. The fraction of sp³-hybridized carbons (Fsp3) is 0.174. The quantitative estimate of drug-likeness (QED) is 0.602. The van der Waals surface area contributed by atoms with Gasteiger partial charge in [-0.1, -0.05) is 36.4 Å². The number of benzene rings is 2. The van der Waals surface area contributed by atoms with Crippen molar-refractivity contribution in [2.45, 2.75) is 26.8 Å². The Hall–Kier alpha value is -3.32. The monoisotopic (exact) mass is 422 g/mol. The van der Waals surface area contributed by atoms with Crippen LogP contribution in [-0.4, -0.2) is 21.8 Å². The van der Waals surface area contributed by atoms with Gasteiger partial charge in [0, 0.05) is 11.3 Å². The van der Waals surface area contributed by atoms with E-state index >= 15 is 0 Å². The number of aryl methyl sites for hydroxylation is 3. The summed E-state index contributed by atoms with van der Waals surface area (Å²) in [7, 11) is 0. The number of aromatic nitrogens is 1. The molecule has 1 unspecified atom stereocenters. The van der Waals surface area contributed by atoms with Gasteiger partial charge < -0.3 is 5.11 Å². The molecule has 1 N–H and O–H groups in total. The van der Waals surface area contributed by atoms with Crippen LogP contribution >= 0.6 is 11.3 Å². The van der Waals surface area contributed by atoms with Crippen LogP contribution in [0.1, 0.15) is 37.5 Å². The maximum Gasteiger partial charge on any atom is 0.294 e. The molecule has 1 amide bonds. The van der Waals surface area contributed by atoms with Crippen molar-refractivity contribution in [3.63, 3.8) is 0 Å². The van der Waals surface area contributed by atoms with E-state index in [4.69, 9.17) is 0 Å². The van der Waals surface area contributed by atoms with Crippen molar-refractivity contribution in [2.24, 2.45) is 0 Å². The summed E-state index contributed by atoms with van der Waals surface area (Å²) in [6.45, 7) is 5.29. The van der Waals surface area contributed by atoms with E-state index < -0.39 is 29.3 Å². The van der Waals surface area contributed by atoms with E-state index in [1.54, 1.807) is 32.0 Å². The van der Waals surface area contributed by atoms with E-state index in [0.29, 0.717) is 21.3 Å². The largest absolute Gasteiger partial charge is 0.503 e. The number of para-hydroxylation sites is 1. The number of aliphatic hydroxyl groups is 1. The van der Waals surface area contributed by atoms with Crippen LogP contribution in [-0.2, 0) is 4.79 Å². The molecule has 0 spiro atoms. The summed E-state index contributed by atoms with van der Waals surface area (Å²) in [6.07, 6.45) is 0. The highest BCUT2D eigenvalue weighted by Gasteiger charge is 2.46. The molecule has 0 radical (unpaired) electrons. The van der Waals surface area contributed by atoms with Crippen molar-refractivity contribution < 1.29 is 19.1 Å². The van der Waals surface area contributed by atoms with E-state index in [-0.39, 0.29) is 11.1 Å². The van der Waals surface area contributed by atoms with Crippen molar-refractivity contribution >= 4 is 28.7 Å². The lowest BCUT2D eigenvalue weighted by molar-refractivity contribution is -0.117. The molecule has 0 saturated heterocycles. The number of rotatable bonds is 4. The molecule has 0 bridgehead atoms. The first-order chi connectivity index (χ1) is 14.3. The molecular formula is C23H19FN2O3S. The number of hydrogen-bond donors (Lipinski definition) is 1. The normalized spacial score (nSPS) is 16.5. The number of anilines is 1. The second-order valence-electron chi connectivity index (χ2n) is 7.12. The molecule has 30 heavy (non-hydrogen) atoms. The highest BCUT2D eigenvalue weighted by molar-refractivity contribution is 7.14. The van der Waals surface area contributed by atoms with Gasteiger partial charge in [-0.2, -0.15) is 0 Å². The molecule has 3 aromatic rings. The lowest BCUT2D eigenvalue weighted by atomic mass is 9.94. The maximum atomic E-state index is 14.8. The van der Waals surface area contributed by atoms with Gasteiger partial charge in [-0.05, 0) is 38.5 Å². The van der Waals surface area contributed by atoms with E-state index in [0.717, 1.165) is 5.56 Å². The molecule has 1 aliphatic heterocycles. The summed E-state index contributed by atoms with van der Waals surface area (Å²) >= 11 is 1.18. The third-order valence-corrected chi connectivity index (χ3v) is 6.21. The molecule has 7 heteroatoms. The minimum atomic E-state index is -1.09. The van der Waals surface area contributed by atoms with Crippen LogP contribution < -0.4 is 4.90 Å². The molecule has 2 aromatic carbocycles. The second-order valence-corrected chi connectivity index (χ2v) is 8.33. The van der Waals surface area contributed by atoms with E-state index in [1.165, 1.54) is 34.4 Å². The molecule has 0 saturated carbocycles. The molecule has 1 aliphatic rings. The molecule has 2 heterocycles. The lowest BCUT2D eigenvalue weighted by Crippen LogP contribution is -2.32. The number of ketones is 1. The Morgan fingerprint density at radius 1 is 1.10 bits per heavy atom. The van der Waals surface area contributed by atoms with Gasteiger partial charge in [0.1, 0.15) is 5.82 Å². The fourth-order valence-corrected chi connectivity index (χ4v) is 4.65. The van der Waals surface area contributed by atoms with Crippen molar-refractivity contribution in [3.05, 3.63) is 92.4 Å². The Morgan fingerprint density at radius 3 is 2.40 bits per heavy atom. The Morgan fingerprint density at radius 2 is 1.77 bits per heavy atom. The van der Waals surface area contributed by atoms with Gasteiger partial charge in [0.05, 0.1) is 27.2 Å². The average Bonchev–Trinajstić information content (AvgIpc) is 3.18. The first-order valence-electron chi connectivity index (χ1n) is 9.36. The number of thiazole rings is 1. The molecule has 0 aliphatic carbocycles. The summed E-state index contributed by atoms with van der Waals surface area (Å²) in [6, 6.07) is 12.0. The van der Waals surface area contributed by atoms with Gasteiger partial charge in [0.25, 0.3) is 5.91 Å². The number of nitrogens with zero attached hydrogens (tertiary/aromatic N) is 2. The predicted octanol–water partition coefficient (Wildman–Crippen LogP) is 4.99. The first-order valence-corrected chi connectivity index (χ1v) is 10.2. The Labute approximate surface area is 177 Å². The average molecular weight is 422 g/mol. The molecular weight excluding hydrogens is 403 g/mol. The van der Waals surface area contributed by atoms with Crippen LogP contribution in [0.4, 0.5) is 10.1 Å². The van der Waals surface area contributed by atoms with Gasteiger partial charge in [-0.15, -0.1) is 11.3 Å². The van der Waals surface area contributed by atoms with Crippen molar-refractivity contribution in [3.8, 4) is 0 Å². The fourth-order valence-electron chi connectivity index (χ4n) is 3.77.